The van der Waals surface area contributed by atoms with E-state index in [0.29, 0.717) is 17.9 Å². The lowest BCUT2D eigenvalue weighted by Gasteiger charge is -2.13. The number of carbonyl (C=O) groups is 2. The summed E-state index contributed by atoms with van der Waals surface area (Å²) in [5.74, 6) is -0.870. The molecule has 0 aliphatic heterocycles. The highest BCUT2D eigenvalue weighted by Crippen LogP contribution is 2.28. The number of ether oxygens (including phenoxy) is 2. The molecule has 3 rings (SSSR count). The number of aromatic nitrogens is 1. The maximum absolute atomic E-state index is 12.2. The number of carboxylic acids is 1. The minimum atomic E-state index is -1.01. The molecule has 0 unspecified atom stereocenters. The Kier molecular flexibility index (Phi) is 6.26. The van der Waals surface area contributed by atoms with Gasteiger partial charge in [0.15, 0.2) is 6.10 Å². The molecule has 1 aromatic heterocycles. The number of hydrogen-bond acceptors (Lipinski definition) is 4. The molecule has 1 atom stereocenters. The first-order valence-electron chi connectivity index (χ1n) is 9.67. The number of hydrogen-bond donors (Lipinski definition) is 1. The molecule has 0 spiro atoms. The van der Waals surface area contributed by atoms with E-state index in [1.54, 1.807) is 12.1 Å². The maximum Gasteiger partial charge on any atom is 0.344 e. The first-order chi connectivity index (χ1) is 14.3. The summed E-state index contributed by atoms with van der Waals surface area (Å²) in [4.78, 5) is 23.2. The molecule has 0 saturated carbocycles. The van der Waals surface area contributed by atoms with Crippen molar-refractivity contribution >= 4 is 22.8 Å². The van der Waals surface area contributed by atoms with Crippen LogP contribution in [0.3, 0.4) is 0 Å². The van der Waals surface area contributed by atoms with Crippen molar-refractivity contribution in [1.82, 2.24) is 4.57 Å². The van der Waals surface area contributed by atoms with E-state index in [4.69, 9.17) is 14.6 Å². The van der Waals surface area contributed by atoms with Gasteiger partial charge in [-0.3, -0.25) is 0 Å². The van der Waals surface area contributed by atoms with Crippen LogP contribution in [0.25, 0.3) is 10.9 Å². The number of nitrogens with zero attached hydrogens (tertiary/aromatic N) is 1. The summed E-state index contributed by atoms with van der Waals surface area (Å²) in [6, 6.07) is 13.0. The molecule has 0 amide bonds. The van der Waals surface area contributed by atoms with Gasteiger partial charge in [0, 0.05) is 23.1 Å². The molecular weight excluding hydrogens is 382 g/mol. The summed E-state index contributed by atoms with van der Waals surface area (Å²) in [7, 11) is 0. The van der Waals surface area contributed by atoms with Crippen LogP contribution in [-0.4, -0.2) is 34.3 Å². The number of rotatable bonds is 8. The van der Waals surface area contributed by atoms with Crippen molar-refractivity contribution in [3.8, 4) is 5.75 Å². The van der Waals surface area contributed by atoms with Gasteiger partial charge < -0.3 is 19.1 Å². The van der Waals surface area contributed by atoms with Gasteiger partial charge in [-0.05, 0) is 62.2 Å². The average Bonchev–Trinajstić information content (AvgIpc) is 2.96. The highest BCUT2D eigenvalue weighted by Gasteiger charge is 2.16. The Morgan fingerprint density at radius 1 is 1.20 bits per heavy atom. The van der Waals surface area contributed by atoms with Gasteiger partial charge in [0.25, 0.3) is 0 Å². The molecule has 0 aliphatic carbocycles. The maximum atomic E-state index is 12.2. The topological polar surface area (TPSA) is 77.8 Å². The van der Waals surface area contributed by atoms with Crippen molar-refractivity contribution in [1.29, 1.82) is 0 Å². The lowest BCUT2D eigenvalue weighted by molar-refractivity contribution is -0.144. The van der Waals surface area contributed by atoms with Crippen LogP contribution in [0.5, 0.6) is 5.75 Å². The molecule has 1 heterocycles. The Morgan fingerprint density at radius 2 is 1.97 bits per heavy atom. The number of carboxylic acid groups (broad SMARTS) is 1. The highest BCUT2D eigenvalue weighted by molar-refractivity contribution is 5.96. The van der Waals surface area contributed by atoms with Crippen LogP contribution in [0.15, 0.2) is 55.1 Å². The number of benzene rings is 2. The van der Waals surface area contributed by atoms with Crippen molar-refractivity contribution in [2.45, 2.75) is 33.4 Å². The number of esters is 1. The van der Waals surface area contributed by atoms with Gasteiger partial charge in [-0.25, -0.2) is 9.59 Å². The molecule has 2 aromatic carbocycles. The number of aryl methyl sites for hydroxylation is 1. The third kappa shape index (κ3) is 4.38. The molecule has 3 aromatic rings. The highest BCUT2D eigenvalue weighted by atomic mass is 16.5. The Labute approximate surface area is 175 Å². The lowest BCUT2D eigenvalue weighted by Crippen LogP contribution is -2.22. The molecule has 30 heavy (non-hydrogen) atoms. The van der Waals surface area contributed by atoms with E-state index in [0.717, 1.165) is 27.7 Å². The monoisotopic (exact) mass is 407 g/mol. The van der Waals surface area contributed by atoms with E-state index < -0.39 is 12.1 Å². The van der Waals surface area contributed by atoms with Crippen molar-refractivity contribution < 1.29 is 24.2 Å². The SMILES string of the molecule is C=CCOC(=O)c1ccc2c(c1)c(C)c(C)n2Cc1cccc(O[C@H](C)C(=O)O)c1. The fourth-order valence-corrected chi connectivity index (χ4v) is 3.35. The minimum absolute atomic E-state index is 0.175. The lowest BCUT2D eigenvalue weighted by atomic mass is 10.1. The Hall–Kier alpha value is -3.54. The summed E-state index contributed by atoms with van der Waals surface area (Å²) in [5, 5.41) is 10.0. The van der Waals surface area contributed by atoms with Crippen molar-refractivity contribution in [3.05, 3.63) is 77.5 Å². The van der Waals surface area contributed by atoms with Gasteiger partial charge in [-0.15, -0.1) is 0 Å². The minimum Gasteiger partial charge on any atom is -0.479 e. The van der Waals surface area contributed by atoms with Gasteiger partial charge >= 0.3 is 11.9 Å². The summed E-state index contributed by atoms with van der Waals surface area (Å²) in [5.41, 5.74) is 4.68. The van der Waals surface area contributed by atoms with Crippen LogP contribution < -0.4 is 4.74 Å². The molecule has 0 bridgehead atoms. The first-order valence-corrected chi connectivity index (χ1v) is 9.67. The van der Waals surface area contributed by atoms with Crippen LogP contribution in [0.1, 0.15) is 34.1 Å². The van der Waals surface area contributed by atoms with Gasteiger partial charge in [-0.1, -0.05) is 24.8 Å². The largest absolute Gasteiger partial charge is 0.479 e. The second-order valence-corrected chi connectivity index (χ2v) is 7.16. The summed E-state index contributed by atoms with van der Waals surface area (Å²) in [6.45, 7) is 9.89. The fourth-order valence-electron chi connectivity index (χ4n) is 3.35. The first kappa shape index (κ1) is 21.2. The zero-order valence-electron chi connectivity index (χ0n) is 17.3. The van der Waals surface area contributed by atoms with Crippen LogP contribution in [0.2, 0.25) is 0 Å². The molecule has 6 heteroatoms. The van der Waals surface area contributed by atoms with Gasteiger partial charge in [-0.2, -0.15) is 0 Å². The summed E-state index contributed by atoms with van der Waals surface area (Å²) in [6.07, 6.45) is 0.619. The van der Waals surface area contributed by atoms with E-state index in [-0.39, 0.29) is 12.6 Å². The predicted octanol–water partition coefficient (Wildman–Crippen LogP) is 4.50. The quantitative estimate of drug-likeness (QED) is 0.439. The summed E-state index contributed by atoms with van der Waals surface area (Å²) < 4.78 is 12.8. The molecule has 0 aliphatic rings. The Bertz CT molecular complexity index is 1110. The van der Waals surface area contributed by atoms with Crippen molar-refractivity contribution in [2.75, 3.05) is 6.61 Å². The average molecular weight is 407 g/mol. The normalized spacial score (nSPS) is 11.8. The zero-order valence-corrected chi connectivity index (χ0v) is 17.3. The van der Waals surface area contributed by atoms with E-state index in [9.17, 15) is 9.59 Å². The van der Waals surface area contributed by atoms with Crippen molar-refractivity contribution in [2.24, 2.45) is 0 Å². The molecule has 6 nitrogen and oxygen atoms in total. The number of fused-ring (bicyclic) bond motifs is 1. The Morgan fingerprint density at radius 3 is 2.67 bits per heavy atom. The second-order valence-electron chi connectivity index (χ2n) is 7.16. The van der Waals surface area contributed by atoms with Crippen LogP contribution in [0.4, 0.5) is 0 Å². The van der Waals surface area contributed by atoms with Crippen LogP contribution in [-0.2, 0) is 16.1 Å². The molecule has 156 valence electrons. The van der Waals surface area contributed by atoms with Gasteiger partial charge in [0.05, 0.1) is 5.56 Å². The molecular formula is C24H25NO5. The van der Waals surface area contributed by atoms with Crippen LogP contribution in [0, 0.1) is 13.8 Å². The molecule has 0 fully saturated rings. The molecule has 0 saturated heterocycles. The zero-order chi connectivity index (χ0) is 21.8. The number of carbonyl (C=O) groups excluding carboxylic acids is 1. The third-order valence-corrected chi connectivity index (χ3v) is 5.11. The second kappa shape index (κ2) is 8.86. The summed E-state index contributed by atoms with van der Waals surface area (Å²) >= 11 is 0. The van der Waals surface area contributed by atoms with Crippen LogP contribution >= 0.6 is 0 Å². The van der Waals surface area contributed by atoms with E-state index in [2.05, 4.69) is 11.1 Å². The molecule has 0 radical (unpaired) electrons. The van der Waals surface area contributed by atoms with E-state index in [1.807, 2.05) is 44.2 Å². The van der Waals surface area contributed by atoms with E-state index in [1.165, 1.54) is 13.0 Å². The van der Waals surface area contributed by atoms with Gasteiger partial charge in [0.2, 0.25) is 0 Å². The third-order valence-electron chi connectivity index (χ3n) is 5.11. The fraction of sp³-hybridized carbons (Fsp3) is 0.250. The standard InChI is InChI=1S/C24H25NO5/c1-5-11-29-24(28)19-9-10-22-21(13-19)15(2)16(3)25(22)14-18-7-6-8-20(12-18)30-17(4)23(26)27/h5-10,12-13,17H,1,11,14H2,2-4H3,(H,26,27)/t17-/m1/s1. The van der Waals surface area contributed by atoms with Gasteiger partial charge in [0.1, 0.15) is 12.4 Å². The number of aliphatic carboxylic acids is 1. The van der Waals surface area contributed by atoms with E-state index >= 15 is 0 Å². The Balaban J connectivity index is 1.91. The van der Waals surface area contributed by atoms with Crippen molar-refractivity contribution in [3.63, 3.8) is 0 Å². The smallest absolute Gasteiger partial charge is 0.344 e. The predicted molar refractivity (Wildman–Crippen MR) is 115 cm³/mol. The molecule has 1 N–H and O–H groups in total.